The standard InChI is InChI=1S/C26H22FN5OS/c1-14-6-5-7-20-15(2)12-21(29-23(14)20)32-22(13-16(3)31-32)30-25(33)24-17(4)28-26(34-24)18-8-10-19(27)11-9-18/h5-13H,1-4H3,(H,30,33). The van der Waals surface area contributed by atoms with Gasteiger partial charge in [0.25, 0.3) is 5.91 Å². The van der Waals surface area contributed by atoms with Gasteiger partial charge < -0.3 is 5.32 Å². The van der Waals surface area contributed by atoms with Crippen molar-refractivity contribution in [1.29, 1.82) is 0 Å². The summed E-state index contributed by atoms with van der Waals surface area (Å²) >= 11 is 1.27. The van der Waals surface area contributed by atoms with Crippen molar-refractivity contribution in [3.05, 3.63) is 87.8 Å². The highest BCUT2D eigenvalue weighted by atomic mass is 32.1. The summed E-state index contributed by atoms with van der Waals surface area (Å²) in [6.45, 7) is 7.73. The summed E-state index contributed by atoms with van der Waals surface area (Å²) in [5, 5.41) is 9.31. The van der Waals surface area contributed by atoms with Crippen LogP contribution in [0.4, 0.5) is 10.2 Å². The van der Waals surface area contributed by atoms with Gasteiger partial charge in [-0.1, -0.05) is 18.2 Å². The summed E-state index contributed by atoms with van der Waals surface area (Å²) in [7, 11) is 0. The van der Waals surface area contributed by atoms with E-state index in [-0.39, 0.29) is 11.7 Å². The van der Waals surface area contributed by atoms with Gasteiger partial charge in [-0.15, -0.1) is 11.3 Å². The predicted molar refractivity (Wildman–Crippen MR) is 133 cm³/mol. The third-order valence-corrected chi connectivity index (χ3v) is 6.82. The van der Waals surface area contributed by atoms with Crippen LogP contribution in [-0.2, 0) is 0 Å². The number of carbonyl (C=O) groups is 1. The molecule has 0 fully saturated rings. The molecule has 0 unspecified atom stereocenters. The van der Waals surface area contributed by atoms with E-state index < -0.39 is 0 Å². The molecular weight excluding hydrogens is 449 g/mol. The third kappa shape index (κ3) is 3.97. The van der Waals surface area contributed by atoms with E-state index in [9.17, 15) is 9.18 Å². The van der Waals surface area contributed by atoms with Gasteiger partial charge in [0.2, 0.25) is 0 Å². The molecule has 0 aliphatic heterocycles. The number of halogens is 1. The second-order valence-corrected chi connectivity index (χ2v) is 9.24. The number of benzene rings is 2. The van der Waals surface area contributed by atoms with Crippen LogP contribution in [0.3, 0.4) is 0 Å². The van der Waals surface area contributed by atoms with E-state index in [0.717, 1.165) is 33.3 Å². The average Bonchev–Trinajstić information content (AvgIpc) is 3.37. The van der Waals surface area contributed by atoms with E-state index in [0.29, 0.717) is 27.2 Å². The van der Waals surface area contributed by atoms with E-state index >= 15 is 0 Å². The summed E-state index contributed by atoms with van der Waals surface area (Å²) in [6.07, 6.45) is 0. The molecule has 3 heterocycles. The SMILES string of the molecule is Cc1cc(NC(=O)c2sc(-c3ccc(F)cc3)nc2C)n(-c2cc(C)c3cccc(C)c3n2)n1. The molecule has 0 saturated carbocycles. The maximum Gasteiger partial charge on any atom is 0.268 e. The highest BCUT2D eigenvalue weighted by Crippen LogP contribution is 2.29. The average molecular weight is 472 g/mol. The molecule has 34 heavy (non-hydrogen) atoms. The van der Waals surface area contributed by atoms with Gasteiger partial charge >= 0.3 is 0 Å². The van der Waals surface area contributed by atoms with Crippen LogP contribution in [0.15, 0.2) is 54.6 Å². The van der Waals surface area contributed by atoms with Crippen molar-refractivity contribution in [1.82, 2.24) is 19.7 Å². The van der Waals surface area contributed by atoms with E-state index in [4.69, 9.17) is 4.98 Å². The second kappa shape index (κ2) is 8.46. The number of nitrogens with zero attached hydrogens (tertiary/aromatic N) is 4. The minimum Gasteiger partial charge on any atom is -0.306 e. The number of para-hydroxylation sites is 1. The third-order valence-electron chi connectivity index (χ3n) is 5.62. The van der Waals surface area contributed by atoms with Crippen LogP contribution < -0.4 is 5.32 Å². The lowest BCUT2D eigenvalue weighted by molar-refractivity contribution is 0.102. The van der Waals surface area contributed by atoms with Crippen LogP contribution in [0.25, 0.3) is 27.3 Å². The summed E-state index contributed by atoms with van der Waals surface area (Å²) in [5.74, 6) is 0.568. The smallest absolute Gasteiger partial charge is 0.268 e. The maximum atomic E-state index is 13.3. The number of nitrogens with one attached hydrogen (secondary N) is 1. The van der Waals surface area contributed by atoms with Gasteiger partial charge in [0.15, 0.2) is 5.82 Å². The topological polar surface area (TPSA) is 72.7 Å². The Labute approximate surface area is 200 Å². The Bertz CT molecular complexity index is 1550. The second-order valence-electron chi connectivity index (χ2n) is 8.25. The zero-order valence-corrected chi connectivity index (χ0v) is 20.0. The molecule has 2 aromatic carbocycles. The number of fused-ring (bicyclic) bond motifs is 1. The highest BCUT2D eigenvalue weighted by molar-refractivity contribution is 7.17. The number of carbonyl (C=O) groups excluding carboxylic acids is 1. The molecule has 5 aromatic rings. The minimum absolute atomic E-state index is 0.279. The lowest BCUT2D eigenvalue weighted by Gasteiger charge is -2.11. The molecule has 5 rings (SSSR count). The lowest BCUT2D eigenvalue weighted by Crippen LogP contribution is -2.15. The van der Waals surface area contributed by atoms with Crippen molar-refractivity contribution in [3.8, 4) is 16.4 Å². The summed E-state index contributed by atoms with van der Waals surface area (Å²) in [5.41, 5.74) is 5.19. The molecule has 0 radical (unpaired) electrons. The van der Waals surface area contributed by atoms with Crippen molar-refractivity contribution in [2.75, 3.05) is 5.32 Å². The number of amides is 1. The van der Waals surface area contributed by atoms with E-state index in [1.807, 2.05) is 45.0 Å². The molecule has 1 N–H and O–H groups in total. The fourth-order valence-corrected chi connectivity index (χ4v) is 4.88. The van der Waals surface area contributed by atoms with Crippen LogP contribution >= 0.6 is 11.3 Å². The van der Waals surface area contributed by atoms with Crippen molar-refractivity contribution in [2.24, 2.45) is 0 Å². The van der Waals surface area contributed by atoms with Crippen molar-refractivity contribution >= 4 is 34.0 Å². The Morgan fingerprint density at radius 2 is 1.74 bits per heavy atom. The Hall–Kier alpha value is -3.91. The first-order valence-corrected chi connectivity index (χ1v) is 11.6. The minimum atomic E-state index is -0.314. The number of pyridine rings is 1. The molecular formula is C26H22FN5OS. The van der Waals surface area contributed by atoms with Gasteiger partial charge in [-0.25, -0.2) is 14.4 Å². The number of rotatable bonds is 4. The molecule has 0 saturated heterocycles. The quantitative estimate of drug-likeness (QED) is 0.340. The number of hydrogen-bond donors (Lipinski definition) is 1. The molecule has 1 amide bonds. The lowest BCUT2D eigenvalue weighted by atomic mass is 10.1. The first-order valence-electron chi connectivity index (χ1n) is 10.8. The molecule has 170 valence electrons. The van der Waals surface area contributed by atoms with Crippen LogP contribution in [0.2, 0.25) is 0 Å². The van der Waals surface area contributed by atoms with Gasteiger partial charge in [0.05, 0.1) is 16.9 Å². The fourth-order valence-electron chi connectivity index (χ4n) is 3.91. The molecule has 3 aromatic heterocycles. The Kier molecular flexibility index (Phi) is 5.45. The summed E-state index contributed by atoms with van der Waals surface area (Å²) in [6, 6.07) is 16.0. The number of aromatic nitrogens is 4. The van der Waals surface area contributed by atoms with Crippen molar-refractivity contribution < 1.29 is 9.18 Å². The molecule has 0 aliphatic rings. The van der Waals surface area contributed by atoms with Crippen molar-refractivity contribution in [2.45, 2.75) is 27.7 Å². The Morgan fingerprint density at radius 1 is 0.971 bits per heavy atom. The molecule has 8 heteroatoms. The van der Waals surface area contributed by atoms with Gasteiger partial charge in [-0.3, -0.25) is 4.79 Å². The first kappa shape index (κ1) is 21.9. The zero-order chi connectivity index (χ0) is 24.0. The Balaban J connectivity index is 1.50. The van der Waals surface area contributed by atoms with Gasteiger partial charge in [-0.05, 0) is 69.2 Å². The summed E-state index contributed by atoms with van der Waals surface area (Å²) in [4.78, 5) is 23.0. The molecule has 0 aliphatic carbocycles. The first-order chi connectivity index (χ1) is 16.3. The van der Waals surface area contributed by atoms with Crippen LogP contribution in [0.1, 0.15) is 32.2 Å². The molecule has 0 atom stereocenters. The Morgan fingerprint density at radius 3 is 2.50 bits per heavy atom. The number of thiazole rings is 1. The fraction of sp³-hybridized carbons (Fsp3) is 0.154. The van der Waals surface area contributed by atoms with Crippen molar-refractivity contribution in [3.63, 3.8) is 0 Å². The molecule has 6 nitrogen and oxygen atoms in total. The predicted octanol–water partition coefficient (Wildman–Crippen LogP) is 6.17. The van der Waals surface area contributed by atoms with Crippen LogP contribution in [0.5, 0.6) is 0 Å². The van der Waals surface area contributed by atoms with Gasteiger partial charge in [0.1, 0.15) is 21.5 Å². The number of hydrogen-bond acceptors (Lipinski definition) is 5. The normalized spacial score (nSPS) is 11.2. The van der Waals surface area contributed by atoms with E-state index in [2.05, 4.69) is 21.5 Å². The monoisotopic (exact) mass is 471 g/mol. The zero-order valence-electron chi connectivity index (χ0n) is 19.2. The highest BCUT2D eigenvalue weighted by Gasteiger charge is 2.20. The van der Waals surface area contributed by atoms with Gasteiger partial charge in [0, 0.05) is 17.0 Å². The van der Waals surface area contributed by atoms with E-state index in [1.165, 1.54) is 23.5 Å². The summed E-state index contributed by atoms with van der Waals surface area (Å²) < 4.78 is 14.9. The van der Waals surface area contributed by atoms with Gasteiger partial charge in [-0.2, -0.15) is 9.78 Å². The number of aryl methyl sites for hydroxylation is 4. The van der Waals surface area contributed by atoms with Crippen LogP contribution in [-0.4, -0.2) is 25.7 Å². The molecule has 0 spiro atoms. The molecule has 0 bridgehead atoms. The maximum absolute atomic E-state index is 13.3. The largest absolute Gasteiger partial charge is 0.306 e. The number of anilines is 1. The van der Waals surface area contributed by atoms with Crippen LogP contribution in [0, 0.1) is 33.5 Å². The van der Waals surface area contributed by atoms with E-state index in [1.54, 1.807) is 23.7 Å².